The number of carbonyl (C=O) groups is 1. The Bertz CT molecular complexity index is 681. The van der Waals surface area contributed by atoms with E-state index in [4.69, 9.17) is 0 Å². The Kier molecular flexibility index (Phi) is 4.06. The van der Waals surface area contributed by atoms with E-state index in [1.807, 2.05) is 0 Å². The molecule has 0 N–H and O–H groups in total. The lowest BCUT2D eigenvalue weighted by Crippen LogP contribution is -2.10. The van der Waals surface area contributed by atoms with Crippen molar-refractivity contribution in [1.29, 1.82) is 0 Å². The lowest BCUT2D eigenvalue weighted by atomic mass is 10.0. The standard InChI is InChI=1S/C15H13F3N2O/c1-9-6-13(10(2)20-19-9)14(21)8-11-4-3-5-12(7-11)15(16,17)18/h3-7H,8H2,1-2H3. The molecule has 0 unspecified atom stereocenters. The summed E-state index contributed by atoms with van der Waals surface area (Å²) in [5.41, 5.74) is 1.02. The number of carbonyl (C=O) groups excluding carboxylic acids is 1. The molecule has 1 heterocycles. The molecule has 0 aliphatic carbocycles. The maximum atomic E-state index is 12.6. The van der Waals surface area contributed by atoms with E-state index in [1.165, 1.54) is 12.1 Å². The average Bonchev–Trinajstić information content (AvgIpc) is 2.41. The third-order valence-corrected chi connectivity index (χ3v) is 3.02. The molecule has 0 aliphatic rings. The molecule has 110 valence electrons. The van der Waals surface area contributed by atoms with Crippen LogP contribution in [0.2, 0.25) is 0 Å². The van der Waals surface area contributed by atoms with Crippen molar-refractivity contribution in [1.82, 2.24) is 10.2 Å². The van der Waals surface area contributed by atoms with E-state index in [-0.39, 0.29) is 12.2 Å². The van der Waals surface area contributed by atoms with Gasteiger partial charge >= 0.3 is 6.18 Å². The minimum Gasteiger partial charge on any atom is -0.294 e. The van der Waals surface area contributed by atoms with Crippen molar-refractivity contribution < 1.29 is 18.0 Å². The molecule has 3 nitrogen and oxygen atoms in total. The van der Waals surface area contributed by atoms with E-state index < -0.39 is 11.7 Å². The summed E-state index contributed by atoms with van der Waals surface area (Å²) < 4.78 is 37.9. The quantitative estimate of drug-likeness (QED) is 0.813. The van der Waals surface area contributed by atoms with E-state index in [2.05, 4.69) is 10.2 Å². The zero-order chi connectivity index (χ0) is 15.6. The fraction of sp³-hybridized carbons (Fsp3) is 0.267. The van der Waals surface area contributed by atoms with Crippen LogP contribution in [0.3, 0.4) is 0 Å². The monoisotopic (exact) mass is 294 g/mol. The Hall–Kier alpha value is -2.24. The van der Waals surface area contributed by atoms with Crippen LogP contribution in [0.15, 0.2) is 30.3 Å². The molecule has 0 fully saturated rings. The van der Waals surface area contributed by atoms with Crippen LogP contribution in [0.1, 0.15) is 32.9 Å². The Morgan fingerprint density at radius 1 is 1.14 bits per heavy atom. The maximum Gasteiger partial charge on any atom is 0.416 e. The predicted octanol–water partition coefficient (Wildman–Crippen LogP) is 3.54. The smallest absolute Gasteiger partial charge is 0.294 e. The second-order valence-corrected chi connectivity index (χ2v) is 4.78. The highest BCUT2D eigenvalue weighted by molar-refractivity contribution is 5.98. The van der Waals surface area contributed by atoms with E-state index in [0.29, 0.717) is 22.5 Å². The fourth-order valence-electron chi connectivity index (χ4n) is 1.97. The minimum atomic E-state index is -4.41. The van der Waals surface area contributed by atoms with Crippen molar-refractivity contribution in [3.8, 4) is 0 Å². The van der Waals surface area contributed by atoms with Crippen LogP contribution in [-0.4, -0.2) is 16.0 Å². The Balaban J connectivity index is 2.26. The highest BCUT2D eigenvalue weighted by atomic mass is 19.4. The van der Waals surface area contributed by atoms with Gasteiger partial charge in [-0.1, -0.05) is 18.2 Å². The molecule has 1 aromatic heterocycles. The van der Waals surface area contributed by atoms with Crippen molar-refractivity contribution >= 4 is 5.78 Å². The largest absolute Gasteiger partial charge is 0.416 e. The van der Waals surface area contributed by atoms with Crippen LogP contribution < -0.4 is 0 Å². The van der Waals surface area contributed by atoms with Gasteiger partial charge in [-0.05, 0) is 31.5 Å². The molecule has 1 aromatic carbocycles. The number of aryl methyl sites for hydroxylation is 2. The van der Waals surface area contributed by atoms with E-state index in [9.17, 15) is 18.0 Å². The van der Waals surface area contributed by atoms with Gasteiger partial charge in [0.25, 0.3) is 0 Å². The Morgan fingerprint density at radius 3 is 2.52 bits per heavy atom. The molecule has 0 aliphatic heterocycles. The van der Waals surface area contributed by atoms with Crippen LogP contribution in [-0.2, 0) is 12.6 Å². The summed E-state index contributed by atoms with van der Waals surface area (Å²) in [6.07, 6.45) is -4.51. The van der Waals surface area contributed by atoms with E-state index in [1.54, 1.807) is 19.9 Å². The van der Waals surface area contributed by atoms with E-state index >= 15 is 0 Å². The first kappa shape index (κ1) is 15.2. The molecule has 0 saturated heterocycles. The molecule has 0 atom stereocenters. The number of rotatable bonds is 3. The molecular formula is C15H13F3N2O. The number of benzene rings is 1. The minimum absolute atomic E-state index is 0.101. The van der Waals surface area contributed by atoms with Gasteiger partial charge in [0.05, 0.1) is 17.0 Å². The number of nitrogens with zero attached hydrogens (tertiary/aromatic N) is 2. The number of hydrogen-bond donors (Lipinski definition) is 0. The normalized spacial score (nSPS) is 11.5. The zero-order valence-electron chi connectivity index (χ0n) is 11.5. The van der Waals surface area contributed by atoms with Gasteiger partial charge in [-0.15, -0.1) is 0 Å². The lowest BCUT2D eigenvalue weighted by molar-refractivity contribution is -0.137. The van der Waals surface area contributed by atoms with Crippen LogP contribution >= 0.6 is 0 Å². The second kappa shape index (κ2) is 5.63. The fourth-order valence-corrected chi connectivity index (χ4v) is 1.97. The highest BCUT2D eigenvalue weighted by Crippen LogP contribution is 2.29. The number of alkyl halides is 3. The third-order valence-electron chi connectivity index (χ3n) is 3.02. The Morgan fingerprint density at radius 2 is 1.86 bits per heavy atom. The van der Waals surface area contributed by atoms with Gasteiger partial charge in [-0.25, -0.2) is 0 Å². The van der Waals surface area contributed by atoms with Gasteiger partial charge < -0.3 is 0 Å². The van der Waals surface area contributed by atoms with E-state index in [0.717, 1.165) is 12.1 Å². The summed E-state index contributed by atoms with van der Waals surface area (Å²) in [6, 6.07) is 6.38. The van der Waals surface area contributed by atoms with Crippen LogP contribution in [0.25, 0.3) is 0 Å². The molecule has 0 saturated carbocycles. The molecular weight excluding hydrogens is 281 g/mol. The summed E-state index contributed by atoms with van der Waals surface area (Å²) in [5, 5.41) is 7.67. The number of halogens is 3. The zero-order valence-corrected chi connectivity index (χ0v) is 11.5. The van der Waals surface area contributed by atoms with Crippen molar-refractivity contribution in [2.24, 2.45) is 0 Å². The third kappa shape index (κ3) is 3.65. The SMILES string of the molecule is Cc1cc(C(=O)Cc2cccc(C(F)(F)F)c2)c(C)nn1. The van der Waals surface area contributed by atoms with Gasteiger partial charge in [0.2, 0.25) is 0 Å². The first-order valence-corrected chi connectivity index (χ1v) is 6.27. The topological polar surface area (TPSA) is 42.9 Å². The summed E-state index contributed by atoms with van der Waals surface area (Å²) >= 11 is 0. The summed E-state index contributed by atoms with van der Waals surface area (Å²) in [6.45, 7) is 3.35. The molecule has 0 radical (unpaired) electrons. The van der Waals surface area contributed by atoms with Crippen LogP contribution in [0.5, 0.6) is 0 Å². The van der Waals surface area contributed by atoms with Gasteiger partial charge in [0.1, 0.15) is 0 Å². The molecule has 0 amide bonds. The van der Waals surface area contributed by atoms with Gasteiger partial charge in [0.15, 0.2) is 5.78 Å². The van der Waals surface area contributed by atoms with Crippen LogP contribution in [0.4, 0.5) is 13.2 Å². The van der Waals surface area contributed by atoms with Gasteiger partial charge in [-0.3, -0.25) is 4.79 Å². The predicted molar refractivity (Wildman–Crippen MR) is 71.0 cm³/mol. The summed E-state index contributed by atoms with van der Waals surface area (Å²) in [5.74, 6) is -0.273. The van der Waals surface area contributed by atoms with Crippen LogP contribution in [0, 0.1) is 13.8 Å². The van der Waals surface area contributed by atoms with Crippen molar-refractivity contribution in [2.45, 2.75) is 26.4 Å². The lowest BCUT2D eigenvalue weighted by Gasteiger charge is -2.09. The first-order chi connectivity index (χ1) is 9.77. The maximum absolute atomic E-state index is 12.6. The van der Waals surface area contributed by atoms with Crippen molar-refractivity contribution in [3.05, 3.63) is 58.4 Å². The summed E-state index contributed by atoms with van der Waals surface area (Å²) in [4.78, 5) is 12.2. The van der Waals surface area contributed by atoms with Crippen molar-refractivity contribution in [3.63, 3.8) is 0 Å². The average molecular weight is 294 g/mol. The van der Waals surface area contributed by atoms with Gasteiger partial charge in [-0.2, -0.15) is 23.4 Å². The molecule has 2 aromatic rings. The Labute approximate surface area is 119 Å². The number of ketones is 1. The molecule has 0 bridgehead atoms. The first-order valence-electron chi connectivity index (χ1n) is 6.27. The number of Topliss-reactive ketones (excluding diaryl/α,β-unsaturated/α-hetero) is 1. The molecule has 2 rings (SSSR count). The summed E-state index contributed by atoms with van der Waals surface area (Å²) in [7, 11) is 0. The molecule has 21 heavy (non-hydrogen) atoms. The highest BCUT2D eigenvalue weighted by Gasteiger charge is 2.30. The van der Waals surface area contributed by atoms with Gasteiger partial charge in [0, 0.05) is 12.0 Å². The number of aromatic nitrogens is 2. The second-order valence-electron chi connectivity index (χ2n) is 4.78. The number of hydrogen-bond acceptors (Lipinski definition) is 3. The molecule has 6 heteroatoms. The molecule has 0 spiro atoms. The van der Waals surface area contributed by atoms with Crippen molar-refractivity contribution in [2.75, 3.05) is 0 Å².